The monoisotopic (exact) mass is 453 g/mol. The quantitative estimate of drug-likeness (QED) is 0.454. The third kappa shape index (κ3) is 3.90. The normalized spacial score (nSPS) is 12.5. The van der Waals surface area contributed by atoms with Gasteiger partial charge in [-0.25, -0.2) is 9.29 Å². The van der Waals surface area contributed by atoms with Crippen molar-refractivity contribution in [3.63, 3.8) is 0 Å². The van der Waals surface area contributed by atoms with Crippen LogP contribution in [-0.2, 0) is 0 Å². The van der Waals surface area contributed by atoms with Gasteiger partial charge in [-0.15, -0.1) is 0 Å². The first-order chi connectivity index (χ1) is 14.9. The number of nitrogens with zero attached hydrogens (tertiary/aromatic N) is 1. The van der Waals surface area contributed by atoms with Gasteiger partial charge in [-0.1, -0.05) is 35.9 Å². The van der Waals surface area contributed by atoms with E-state index in [0.717, 1.165) is 4.90 Å². The summed E-state index contributed by atoms with van der Waals surface area (Å²) < 4.78 is 13.7. The molecule has 0 unspecified atom stereocenters. The second-order valence-corrected chi connectivity index (χ2v) is 7.36. The lowest BCUT2D eigenvalue weighted by atomic mass is 10.1. The highest BCUT2D eigenvalue weighted by Crippen LogP contribution is 2.32. The zero-order valence-corrected chi connectivity index (χ0v) is 17.3. The Hall–Kier alpha value is -3.62. The van der Waals surface area contributed by atoms with Gasteiger partial charge < -0.3 is 5.32 Å². The predicted molar refractivity (Wildman–Crippen MR) is 119 cm³/mol. The Morgan fingerprint density at radius 3 is 2.16 bits per heavy atom. The lowest BCUT2D eigenvalue weighted by Crippen LogP contribution is -2.34. The van der Waals surface area contributed by atoms with Crippen LogP contribution in [0.15, 0.2) is 66.7 Å². The van der Waals surface area contributed by atoms with E-state index >= 15 is 0 Å². The molecule has 0 aromatic heterocycles. The summed E-state index contributed by atoms with van der Waals surface area (Å²) in [5.74, 6) is -2.27. The molecule has 0 spiro atoms. The molecule has 0 fully saturated rings. The van der Waals surface area contributed by atoms with Gasteiger partial charge in [0, 0.05) is 0 Å². The smallest absolute Gasteiger partial charge is 0.266 e. The van der Waals surface area contributed by atoms with Crippen molar-refractivity contribution in [1.29, 1.82) is 0 Å². The molecule has 9 heteroatoms. The van der Waals surface area contributed by atoms with E-state index in [9.17, 15) is 18.8 Å². The van der Waals surface area contributed by atoms with Crippen LogP contribution in [0.1, 0.15) is 31.1 Å². The third-order valence-corrected chi connectivity index (χ3v) is 5.12. The van der Waals surface area contributed by atoms with Crippen LogP contribution in [0, 0.1) is 5.82 Å². The molecular weight excluding hydrogens is 441 g/mol. The fourth-order valence-electron chi connectivity index (χ4n) is 3.14. The molecule has 0 saturated carbocycles. The van der Waals surface area contributed by atoms with Crippen LogP contribution in [-0.4, -0.2) is 22.8 Å². The number of carbonyl (C=O) groups excluding carboxylic acids is 3. The minimum absolute atomic E-state index is 0.0939. The summed E-state index contributed by atoms with van der Waals surface area (Å²) in [5, 5.41) is 5.19. The minimum atomic E-state index is -0.714. The van der Waals surface area contributed by atoms with Gasteiger partial charge in [0.25, 0.3) is 17.7 Å². The summed E-state index contributed by atoms with van der Waals surface area (Å²) in [6.45, 7) is 0. The largest absolute Gasteiger partial charge is 0.331 e. The summed E-state index contributed by atoms with van der Waals surface area (Å²) in [7, 11) is 0. The number of nitrogens with one attached hydrogen (secondary N) is 2. The maximum Gasteiger partial charge on any atom is 0.266 e. The highest BCUT2D eigenvalue weighted by molar-refractivity contribution is 7.80. The molecule has 0 atom stereocenters. The average Bonchev–Trinajstić information content (AvgIpc) is 3.00. The first kappa shape index (κ1) is 20.6. The number of halogens is 2. The number of carbonyl (C=O) groups is 3. The van der Waals surface area contributed by atoms with E-state index in [-0.39, 0.29) is 15.7 Å². The van der Waals surface area contributed by atoms with E-state index in [1.807, 2.05) is 0 Å². The maximum atomic E-state index is 13.7. The number of rotatable bonds is 3. The number of imide groups is 1. The minimum Gasteiger partial charge on any atom is -0.331 e. The van der Waals surface area contributed by atoms with Crippen molar-refractivity contribution in [3.05, 3.63) is 94.3 Å². The Morgan fingerprint density at radius 2 is 1.55 bits per heavy atom. The third-order valence-electron chi connectivity index (χ3n) is 4.60. The highest BCUT2D eigenvalue weighted by Gasteiger charge is 2.36. The van der Waals surface area contributed by atoms with Crippen molar-refractivity contribution in [2.75, 3.05) is 10.2 Å². The topological polar surface area (TPSA) is 78.5 Å². The molecule has 0 saturated heterocycles. The van der Waals surface area contributed by atoms with E-state index in [0.29, 0.717) is 22.5 Å². The van der Waals surface area contributed by atoms with Gasteiger partial charge in [0.15, 0.2) is 5.11 Å². The molecule has 0 bridgehead atoms. The van der Waals surface area contributed by atoms with Crippen LogP contribution in [0.4, 0.5) is 15.8 Å². The molecule has 1 aliphatic heterocycles. The first-order valence-corrected chi connectivity index (χ1v) is 9.79. The molecule has 4 rings (SSSR count). The predicted octanol–water partition coefficient (Wildman–Crippen LogP) is 4.41. The van der Waals surface area contributed by atoms with E-state index in [2.05, 4.69) is 10.6 Å². The number of thiocarbonyl (C=S) groups is 1. The Labute approximate surface area is 186 Å². The molecule has 3 aromatic rings. The standard InChI is InChI=1S/C22H13ClFN3O3S/c23-16-11-12(27-20(29)13-5-1-2-6-14(13)21(27)30)9-10-18(16)25-22(31)26-19(28)15-7-3-4-8-17(15)24/h1-11H,(H2,25,26,28,31). The van der Waals surface area contributed by atoms with E-state index < -0.39 is 23.5 Å². The number of benzene rings is 3. The van der Waals surface area contributed by atoms with Gasteiger partial charge in [-0.2, -0.15) is 0 Å². The van der Waals surface area contributed by atoms with Crippen LogP contribution in [0.25, 0.3) is 0 Å². The summed E-state index contributed by atoms with van der Waals surface area (Å²) in [5.41, 5.74) is 1.12. The molecule has 3 amide bonds. The molecule has 1 aliphatic rings. The Kier molecular flexibility index (Phi) is 5.50. The van der Waals surface area contributed by atoms with E-state index in [1.54, 1.807) is 24.3 Å². The second kappa shape index (κ2) is 8.25. The first-order valence-electron chi connectivity index (χ1n) is 9.01. The van der Waals surface area contributed by atoms with Gasteiger partial charge in [0.1, 0.15) is 5.82 Å². The lowest BCUT2D eigenvalue weighted by molar-refractivity contribution is 0.0923. The summed E-state index contributed by atoms with van der Waals surface area (Å²) in [6.07, 6.45) is 0. The van der Waals surface area contributed by atoms with Gasteiger partial charge in [-0.05, 0) is 54.7 Å². The molecular formula is C22H13ClFN3O3S. The molecule has 0 aliphatic carbocycles. The SMILES string of the molecule is O=C(NC(=S)Nc1ccc(N2C(=O)c3ccccc3C2=O)cc1Cl)c1ccccc1F. The summed E-state index contributed by atoms with van der Waals surface area (Å²) in [6, 6.07) is 16.5. The van der Waals surface area contributed by atoms with Crippen molar-refractivity contribution in [2.24, 2.45) is 0 Å². The number of anilines is 2. The van der Waals surface area contributed by atoms with Gasteiger partial charge in [0.2, 0.25) is 0 Å². The summed E-state index contributed by atoms with van der Waals surface area (Å²) >= 11 is 11.4. The van der Waals surface area contributed by atoms with Crippen LogP contribution >= 0.6 is 23.8 Å². The number of fused-ring (bicyclic) bond motifs is 1. The van der Waals surface area contributed by atoms with Crippen molar-refractivity contribution in [1.82, 2.24) is 5.32 Å². The highest BCUT2D eigenvalue weighted by atomic mass is 35.5. The van der Waals surface area contributed by atoms with Crippen molar-refractivity contribution >= 4 is 58.0 Å². The summed E-state index contributed by atoms with van der Waals surface area (Å²) in [4.78, 5) is 38.4. The Bertz CT molecular complexity index is 1230. The van der Waals surface area contributed by atoms with Crippen molar-refractivity contribution in [3.8, 4) is 0 Å². The van der Waals surface area contributed by atoms with Gasteiger partial charge >= 0.3 is 0 Å². The zero-order chi connectivity index (χ0) is 22.1. The fourth-order valence-corrected chi connectivity index (χ4v) is 3.56. The average molecular weight is 454 g/mol. The lowest BCUT2D eigenvalue weighted by Gasteiger charge is -2.16. The van der Waals surface area contributed by atoms with Crippen LogP contribution in [0.2, 0.25) is 5.02 Å². The second-order valence-electron chi connectivity index (χ2n) is 6.54. The number of hydrogen-bond acceptors (Lipinski definition) is 4. The van der Waals surface area contributed by atoms with Crippen LogP contribution in [0.3, 0.4) is 0 Å². The van der Waals surface area contributed by atoms with E-state index in [4.69, 9.17) is 23.8 Å². The van der Waals surface area contributed by atoms with Gasteiger partial charge in [-0.3, -0.25) is 19.7 Å². The van der Waals surface area contributed by atoms with Gasteiger partial charge in [0.05, 0.1) is 33.1 Å². The number of hydrogen-bond donors (Lipinski definition) is 2. The van der Waals surface area contributed by atoms with E-state index in [1.165, 1.54) is 42.5 Å². The van der Waals surface area contributed by atoms with Crippen molar-refractivity contribution in [2.45, 2.75) is 0 Å². The van der Waals surface area contributed by atoms with Crippen LogP contribution in [0.5, 0.6) is 0 Å². The Morgan fingerprint density at radius 1 is 0.935 bits per heavy atom. The fraction of sp³-hybridized carbons (Fsp3) is 0. The Balaban J connectivity index is 1.49. The van der Waals surface area contributed by atoms with Crippen molar-refractivity contribution < 1.29 is 18.8 Å². The molecule has 154 valence electrons. The molecule has 3 aromatic carbocycles. The molecule has 6 nitrogen and oxygen atoms in total. The molecule has 0 radical (unpaired) electrons. The number of amides is 3. The molecule has 31 heavy (non-hydrogen) atoms. The zero-order valence-electron chi connectivity index (χ0n) is 15.7. The van der Waals surface area contributed by atoms with Crippen LogP contribution < -0.4 is 15.5 Å². The molecule has 2 N–H and O–H groups in total. The maximum absolute atomic E-state index is 13.7. The molecule has 1 heterocycles.